The topological polar surface area (TPSA) is 241 Å². The second kappa shape index (κ2) is 13.6. The number of hydrogen-bond donors (Lipinski definition) is 0. The molecule has 0 amide bonds. The molecule has 0 unspecified atom stereocenters. The number of rotatable bonds is 0. The van der Waals surface area contributed by atoms with E-state index in [0.29, 0.717) is 0 Å². The molecule has 0 aromatic heterocycles. The van der Waals surface area contributed by atoms with Gasteiger partial charge in [-0.05, 0) is 0 Å². The van der Waals surface area contributed by atoms with E-state index in [2.05, 4.69) is 0 Å². The molecule has 0 atom stereocenters. The molecule has 0 spiro atoms. The van der Waals surface area contributed by atoms with Crippen molar-refractivity contribution >= 4 is 0 Å². The van der Waals surface area contributed by atoms with E-state index in [0.717, 1.165) is 0 Å². The van der Waals surface area contributed by atoms with Crippen LogP contribution in [0.4, 0.5) is 0 Å². The van der Waals surface area contributed by atoms with Gasteiger partial charge in [-0.1, -0.05) is 0 Å². The molecular weight excluding hydrogens is 682 g/mol. The van der Waals surface area contributed by atoms with Crippen molar-refractivity contribution in [3.8, 4) is 0 Å². The molecule has 17 heavy (non-hydrogen) atoms. The average molecular weight is 682 g/mol. The summed E-state index contributed by atoms with van der Waals surface area (Å²) in [6, 6.07) is 0. The molecule has 0 aliphatic heterocycles. The average Bonchev–Trinajstić information content (AvgIpc) is 1.41. The second-order valence-electron chi connectivity index (χ2n) is 1.13. The quantitative estimate of drug-likeness (QED) is 0.217. The van der Waals surface area contributed by atoms with Crippen molar-refractivity contribution in [2.24, 2.45) is 0 Å². The molecule has 0 saturated heterocycles. The summed E-state index contributed by atoms with van der Waals surface area (Å²) in [5.74, 6) is 0. The Balaban J connectivity index is -0.0000000400. The Labute approximate surface area is 161 Å². The van der Waals surface area contributed by atoms with Crippen molar-refractivity contribution in [2.45, 2.75) is 0 Å². The molecular formula is Dy2Mn3O12. The van der Waals surface area contributed by atoms with Crippen molar-refractivity contribution in [3.63, 3.8) is 0 Å². The molecule has 0 saturated carbocycles. The maximum atomic E-state index is 8.58. The van der Waals surface area contributed by atoms with Crippen molar-refractivity contribution in [3.05, 3.63) is 0 Å². The van der Waals surface area contributed by atoms with Crippen LogP contribution in [0.5, 0.6) is 0 Å². The summed E-state index contributed by atoms with van der Waals surface area (Å²) in [6.07, 6.45) is 0. The Morgan fingerprint density at radius 3 is 0.412 bits per heavy atom. The molecule has 113 valence electrons. The van der Waals surface area contributed by atoms with E-state index in [-0.39, 0.29) is 76.3 Å². The zero-order valence-corrected chi connectivity index (χ0v) is 14.3. The predicted octanol–water partition coefficient (Wildman–Crippen LogP) is -7.85. The molecule has 0 N–H and O–H groups in total. The molecule has 0 fully saturated rings. The van der Waals surface area contributed by atoms with Crippen LogP contribution in [0.2, 0.25) is 0 Å². The molecule has 0 aliphatic carbocycles. The Morgan fingerprint density at radius 1 is 0.412 bits per heavy atom. The van der Waals surface area contributed by atoms with Gasteiger partial charge in [0, 0.05) is 0 Å². The SMILES string of the molecule is [Dy+3].[Dy+3].[O]=[Mn](=[O])([O-])[O-].[O]=[Mn](=[O])([O-])[O-].[O]=[Mn](=[O])([O-])[O-]. The third-order valence-corrected chi connectivity index (χ3v) is 0. The molecule has 2 radical (unpaired) electrons. The molecule has 0 aliphatic rings. The van der Waals surface area contributed by atoms with E-state index in [1.54, 1.807) is 0 Å². The van der Waals surface area contributed by atoms with E-state index in [1.165, 1.54) is 0 Å². The van der Waals surface area contributed by atoms with Crippen LogP contribution in [-0.4, -0.2) is 0 Å². The predicted molar refractivity (Wildman–Crippen MR) is 4.12 cm³/mol. The van der Waals surface area contributed by atoms with Gasteiger partial charge in [0.15, 0.2) is 0 Å². The van der Waals surface area contributed by atoms with Crippen molar-refractivity contribution in [1.82, 2.24) is 0 Å². The first-order chi connectivity index (χ1) is 6.00. The maximum absolute atomic E-state index is 8.58. The summed E-state index contributed by atoms with van der Waals surface area (Å²) in [5, 5.41) is 0. The summed E-state index contributed by atoms with van der Waals surface area (Å²) >= 11 is -16.9. The molecule has 0 heterocycles. The summed E-state index contributed by atoms with van der Waals surface area (Å²) in [7, 11) is 0. The van der Waals surface area contributed by atoms with E-state index < -0.39 is 40.1 Å². The van der Waals surface area contributed by atoms with Gasteiger partial charge in [0.05, 0.1) is 0 Å². The summed E-state index contributed by atoms with van der Waals surface area (Å²) in [5.41, 5.74) is 0. The van der Waals surface area contributed by atoms with Crippen LogP contribution >= 0.6 is 0 Å². The van der Waals surface area contributed by atoms with Crippen molar-refractivity contribution < 1.29 is 165 Å². The van der Waals surface area contributed by atoms with Crippen LogP contribution in [0.3, 0.4) is 0 Å². The van der Waals surface area contributed by atoms with Gasteiger partial charge in [0.1, 0.15) is 0 Å². The van der Waals surface area contributed by atoms with Gasteiger partial charge in [-0.15, -0.1) is 0 Å². The standard InChI is InChI=1S/2Dy.3Mn.12O/q2*+3;;;;;;;;;;6*-1. The zero-order chi connectivity index (χ0) is 13.5. The Morgan fingerprint density at radius 2 is 0.412 bits per heavy atom. The van der Waals surface area contributed by atoms with Crippen LogP contribution in [0, 0.1) is 76.3 Å². The van der Waals surface area contributed by atoms with E-state index in [4.69, 9.17) is 48.1 Å². The van der Waals surface area contributed by atoms with E-state index in [9.17, 15) is 0 Å². The van der Waals surface area contributed by atoms with Gasteiger partial charge in [0.25, 0.3) is 0 Å². The van der Waals surface area contributed by atoms with E-state index in [1.807, 2.05) is 0 Å². The van der Waals surface area contributed by atoms with Gasteiger partial charge in [-0.25, -0.2) is 0 Å². The van der Waals surface area contributed by atoms with Crippen molar-refractivity contribution in [2.75, 3.05) is 0 Å². The Hall–Kier alpha value is 2.66. The second-order valence-corrected chi connectivity index (χ2v) is 4.68. The normalized spacial score (nSPS) is 10.2. The minimum atomic E-state index is -5.62. The summed E-state index contributed by atoms with van der Waals surface area (Å²) < 4.78 is 103. The summed E-state index contributed by atoms with van der Waals surface area (Å²) in [6.45, 7) is 0. The molecule has 0 bridgehead atoms. The Bertz CT molecular complexity index is 341. The summed E-state index contributed by atoms with van der Waals surface area (Å²) in [4.78, 5) is 0. The van der Waals surface area contributed by atoms with Crippen LogP contribution in [0.1, 0.15) is 0 Å². The molecule has 12 nitrogen and oxygen atoms in total. The Kier molecular flexibility index (Phi) is 25.6. The first-order valence-electron chi connectivity index (χ1n) is 1.85. The minimum absolute atomic E-state index is 0. The fourth-order valence-electron chi connectivity index (χ4n) is 0. The van der Waals surface area contributed by atoms with Gasteiger partial charge in [-0.2, -0.15) is 0 Å². The zero-order valence-electron chi connectivity index (χ0n) is 6.67. The molecule has 17 heteroatoms. The van der Waals surface area contributed by atoms with Crippen molar-refractivity contribution in [1.29, 1.82) is 0 Å². The first-order valence-corrected chi connectivity index (χ1v) is 7.63. The van der Waals surface area contributed by atoms with Gasteiger partial charge >= 0.3 is 165 Å². The molecule has 0 aromatic carbocycles. The number of hydrogen-bond acceptors (Lipinski definition) is 12. The van der Waals surface area contributed by atoms with E-state index >= 15 is 0 Å². The molecule has 0 aromatic rings. The van der Waals surface area contributed by atoms with Crippen LogP contribution in [0.15, 0.2) is 0 Å². The van der Waals surface area contributed by atoms with Gasteiger partial charge < -0.3 is 0 Å². The van der Waals surface area contributed by atoms with Crippen LogP contribution < -0.4 is 25.1 Å². The van der Waals surface area contributed by atoms with Gasteiger partial charge in [0.2, 0.25) is 0 Å². The van der Waals surface area contributed by atoms with Crippen LogP contribution in [0.25, 0.3) is 0 Å². The fourth-order valence-corrected chi connectivity index (χ4v) is 0. The first kappa shape index (κ1) is 31.9. The van der Waals surface area contributed by atoms with Crippen LogP contribution in [-0.2, 0) is 63.1 Å². The molecule has 0 rings (SSSR count). The third kappa shape index (κ3) is 730. The fraction of sp³-hybridized carbons (Fsp3) is 0. The third-order valence-electron chi connectivity index (χ3n) is 0. The monoisotopic (exact) mass is 685 g/mol. The van der Waals surface area contributed by atoms with Gasteiger partial charge in [-0.3, -0.25) is 0 Å².